The molecule has 0 bridgehead atoms. The van der Waals surface area contributed by atoms with Gasteiger partial charge < -0.3 is 24.3 Å². The Morgan fingerprint density at radius 3 is 2.59 bits per heavy atom. The van der Waals surface area contributed by atoms with Crippen LogP contribution in [0.5, 0.6) is 23.1 Å². The van der Waals surface area contributed by atoms with E-state index in [2.05, 4.69) is 15.3 Å². The molecule has 1 aliphatic rings. The predicted octanol–water partition coefficient (Wildman–Crippen LogP) is 2.86. The standard InChI is InChI=1S/C22H20B2N4O6/c1-12-19(13-6-7-18(32-3)26-11-13)34-20-16(31-2)9-14(10-17(20)33-12)22(23,24)27-21-15(28(29)30)5-4-8-25-21/h4-12,19H,1-3H3,(H,25,27)/t12-,19+/m0/s1. The maximum absolute atomic E-state index is 11.3. The molecule has 4 radical (unpaired) electrons. The lowest BCUT2D eigenvalue weighted by Gasteiger charge is -2.35. The zero-order valence-corrected chi connectivity index (χ0v) is 18.7. The van der Waals surface area contributed by atoms with Gasteiger partial charge in [0, 0.05) is 30.1 Å². The van der Waals surface area contributed by atoms with E-state index in [-0.39, 0.29) is 11.5 Å². The summed E-state index contributed by atoms with van der Waals surface area (Å²) in [5.41, 5.74) is 0.862. The molecule has 0 amide bonds. The van der Waals surface area contributed by atoms with Crippen LogP contribution < -0.4 is 24.3 Å². The van der Waals surface area contributed by atoms with Crippen molar-refractivity contribution in [2.45, 2.75) is 24.5 Å². The number of hydrogen-bond acceptors (Lipinski definition) is 9. The first kappa shape index (κ1) is 23.2. The summed E-state index contributed by atoms with van der Waals surface area (Å²) in [5, 5.41) is 12.3. The van der Waals surface area contributed by atoms with Gasteiger partial charge in [0.15, 0.2) is 17.6 Å². The highest BCUT2D eigenvalue weighted by atomic mass is 16.6. The number of fused-ring (bicyclic) bond motifs is 1. The Morgan fingerprint density at radius 1 is 1.15 bits per heavy atom. The van der Waals surface area contributed by atoms with Crippen LogP contribution in [0.3, 0.4) is 0 Å². The molecule has 0 saturated heterocycles. The number of aromatic nitrogens is 2. The molecule has 0 spiro atoms. The number of ether oxygens (including phenoxy) is 4. The topological polar surface area (TPSA) is 118 Å². The molecular weight excluding hydrogens is 438 g/mol. The second-order valence-electron chi connectivity index (χ2n) is 7.62. The van der Waals surface area contributed by atoms with Crippen LogP contribution >= 0.6 is 0 Å². The highest BCUT2D eigenvalue weighted by Gasteiger charge is 2.34. The largest absolute Gasteiger partial charge is 0.493 e. The normalized spacial score (nSPS) is 17.0. The van der Waals surface area contributed by atoms with E-state index in [9.17, 15) is 10.1 Å². The number of nitrogens with zero attached hydrogens (tertiary/aromatic N) is 3. The molecule has 4 rings (SSSR count). The average Bonchev–Trinajstić information content (AvgIpc) is 2.82. The second kappa shape index (κ2) is 9.12. The first-order valence-corrected chi connectivity index (χ1v) is 10.2. The van der Waals surface area contributed by atoms with E-state index in [1.165, 1.54) is 25.4 Å². The van der Waals surface area contributed by atoms with Crippen LogP contribution in [-0.2, 0) is 5.34 Å². The van der Waals surface area contributed by atoms with Gasteiger partial charge >= 0.3 is 5.69 Å². The number of hydrogen-bond donors (Lipinski definition) is 1. The summed E-state index contributed by atoms with van der Waals surface area (Å²) < 4.78 is 23.0. The van der Waals surface area contributed by atoms with Gasteiger partial charge in [-0.2, -0.15) is 0 Å². The van der Waals surface area contributed by atoms with Gasteiger partial charge in [-0.1, -0.05) is 0 Å². The van der Waals surface area contributed by atoms with Crippen molar-refractivity contribution in [2.24, 2.45) is 0 Å². The van der Waals surface area contributed by atoms with Crippen molar-refractivity contribution in [1.29, 1.82) is 0 Å². The van der Waals surface area contributed by atoms with E-state index in [4.69, 9.17) is 34.6 Å². The maximum Gasteiger partial charge on any atom is 0.311 e. The number of methoxy groups -OCH3 is 2. The maximum atomic E-state index is 11.3. The Labute approximate surface area is 198 Å². The minimum Gasteiger partial charge on any atom is -0.493 e. The summed E-state index contributed by atoms with van der Waals surface area (Å²) in [4.78, 5) is 19.0. The minimum absolute atomic E-state index is 0.0770. The molecule has 2 atom stereocenters. The fraction of sp³-hybridized carbons (Fsp3) is 0.273. The molecule has 1 N–H and O–H groups in total. The van der Waals surface area contributed by atoms with Crippen molar-refractivity contribution in [3.63, 3.8) is 0 Å². The Kier molecular flexibility index (Phi) is 6.23. The fourth-order valence-corrected chi connectivity index (χ4v) is 3.58. The summed E-state index contributed by atoms with van der Waals surface area (Å²) >= 11 is 0. The molecule has 12 heteroatoms. The van der Waals surface area contributed by atoms with Crippen LogP contribution in [0.15, 0.2) is 48.8 Å². The van der Waals surface area contributed by atoms with Crippen LogP contribution in [0.2, 0.25) is 0 Å². The van der Waals surface area contributed by atoms with Crippen LogP contribution in [0.1, 0.15) is 24.2 Å². The molecule has 0 aliphatic carbocycles. The first-order valence-electron chi connectivity index (χ1n) is 10.2. The van der Waals surface area contributed by atoms with Crippen molar-refractivity contribution in [2.75, 3.05) is 19.5 Å². The van der Waals surface area contributed by atoms with Crippen LogP contribution in [-0.4, -0.2) is 50.9 Å². The van der Waals surface area contributed by atoms with Gasteiger partial charge in [0.1, 0.15) is 6.10 Å². The molecule has 0 saturated carbocycles. The summed E-state index contributed by atoms with van der Waals surface area (Å²) in [6, 6.07) is 9.49. The lowest BCUT2D eigenvalue weighted by Crippen LogP contribution is -2.37. The molecule has 3 aromatic rings. The van der Waals surface area contributed by atoms with E-state index in [0.717, 1.165) is 5.56 Å². The summed E-state index contributed by atoms with van der Waals surface area (Å²) in [6.07, 6.45) is 2.20. The van der Waals surface area contributed by atoms with Gasteiger partial charge in [0.25, 0.3) is 0 Å². The number of nitrogens with one attached hydrogen (secondary N) is 1. The zero-order chi connectivity index (χ0) is 24.5. The number of pyridine rings is 2. The third-order valence-corrected chi connectivity index (χ3v) is 5.31. The number of anilines is 1. The molecule has 0 fully saturated rings. The van der Waals surface area contributed by atoms with E-state index >= 15 is 0 Å². The fourth-order valence-electron chi connectivity index (χ4n) is 3.58. The average molecular weight is 458 g/mol. The molecule has 10 nitrogen and oxygen atoms in total. The van der Waals surface area contributed by atoms with Crippen molar-refractivity contribution < 1.29 is 23.9 Å². The Morgan fingerprint density at radius 2 is 1.94 bits per heavy atom. The summed E-state index contributed by atoms with van der Waals surface area (Å²) in [7, 11) is 15.6. The monoisotopic (exact) mass is 458 g/mol. The highest BCUT2D eigenvalue weighted by Crippen LogP contribution is 2.47. The van der Waals surface area contributed by atoms with Crippen molar-refractivity contribution >= 4 is 27.2 Å². The molecule has 2 aromatic heterocycles. The van der Waals surface area contributed by atoms with Crippen molar-refractivity contribution in [3.8, 4) is 23.1 Å². The lowest BCUT2D eigenvalue weighted by molar-refractivity contribution is -0.384. The molecule has 170 valence electrons. The van der Waals surface area contributed by atoms with Crippen molar-refractivity contribution in [3.05, 3.63) is 70.0 Å². The van der Waals surface area contributed by atoms with Gasteiger partial charge in [-0.05, 0) is 42.1 Å². The predicted molar refractivity (Wildman–Crippen MR) is 125 cm³/mol. The van der Waals surface area contributed by atoms with Crippen LogP contribution in [0.25, 0.3) is 0 Å². The molecule has 0 unspecified atom stereocenters. The van der Waals surface area contributed by atoms with E-state index < -0.39 is 22.5 Å². The van der Waals surface area contributed by atoms with E-state index in [1.54, 1.807) is 31.5 Å². The van der Waals surface area contributed by atoms with Crippen molar-refractivity contribution in [1.82, 2.24) is 9.97 Å². The van der Waals surface area contributed by atoms with Gasteiger partial charge in [-0.25, -0.2) is 9.97 Å². The smallest absolute Gasteiger partial charge is 0.311 e. The Hall–Kier alpha value is -3.95. The second-order valence-corrected chi connectivity index (χ2v) is 7.62. The van der Waals surface area contributed by atoms with Gasteiger partial charge in [0.05, 0.1) is 34.8 Å². The molecular formula is C22H20B2N4O6. The highest BCUT2D eigenvalue weighted by molar-refractivity contribution is 6.41. The van der Waals surface area contributed by atoms with Gasteiger partial charge in [0.2, 0.25) is 17.4 Å². The minimum atomic E-state index is -1.75. The van der Waals surface area contributed by atoms with Gasteiger partial charge in [-0.3, -0.25) is 10.1 Å². The molecule has 1 aromatic carbocycles. The van der Waals surface area contributed by atoms with E-state index in [1.807, 2.05) is 13.0 Å². The SMILES string of the molecule is [B]C([B])(Nc1ncccc1[N+](=O)[O-])c1cc(OC)c2c(c1)O[C@@H](C)[C@H](c1ccc(OC)nc1)O2. The van der Waals surface area contributed by atoms with E-state index in [0.29, 0.717) is 28.7 Å². The van der Waals surface area contributed by atoms with Crippen LogP contribution in [0, 0.1) is 10.1 Å². The number of rotatable bonds is 7. The first-order chi connectivity index (χ1) is 16.2. The summed E-state index contributed by atoms with van der Waals surface area (Å²) in [5.74, 6) is 1.45. The lowest BCUT2D eigenvalue weighted by atomic mass is 9.58. The molecule has 1 aliphatic heterocycles. The van der Waals surface area contributed by atoms with Crippen LogP contribution in [0.4, 0.5) is 11.5 Å². The number of nitro groups is 1. The quantitative estimate of drug-likeness (QED) is 0.324. The third kappa shape index (κ3) is 4.43. The zero-order valence-electron chi connectivity index (χ0n) is 18.7. The number of benzene rings is 1. The Balaban J connectivity index is 1.67. The summed E-state index contributed by atoms with van der Waals surface area (Å²) in [6.45, 7) is 1.85. The van der Waals surface area contributed by atoms with Gasteiger partial charge in [-0.15, -0.1) is 0 Å². The molecule has 34 heavy (non-hydrogen) atoms. The third-order valence-electron chi connectivity index (χ3n) is 5.31. The Bertz CT molecular complexity index is 1210. The molecule has 3 heterocycles.